The van der Waals surface area contributed by atoms with Gasteiger partial charge in [-0.3, -0.25) is 9.69 Å². The van der Waals surface area contributed by atoms with Crippen LogP contribution in [0.2, 0.25) is 0 Å². The van der Waals surface area contributed by atoms with Crippen molar-refractivity contribution >= 4 is 32.6 Å². The Morgan fingerprint density at radius 2 is 1.97 bits per heavy atom. The fraction of sp³-hybridized carbons (Fsp3) is 0.333. The van der Waals surface area contributed by atoms with Crippen LogP contribution in [0.1, 0.15) is 0 Å². The first-order chi connectivity index (χ1) is 14.1. The number of anilines is 1. The average molecular weight is 413 g/mol. The number of ether oxygens (including phenoxy) is 3. The summed E-state index contributed by atoms with van der Waals surface area (Å²) in [5.74, 6) is 1.76. The number of thiazole rings is 1. The van der Waals surface area contributed by atoms with Gasteiger partial charge >= 0.3 is 0 Å². The minimum atomic E-state index is -0.721. The van der Waals surface area contributed by atoms with Crippen molar-refractivity contribution in [2.75, 3.05) is 45.8 Å². The molecule has 0 saturated carbocycles. The molecule has 1 aliphatic rings. The summed E-state index contributed by atoms with van der Waals surface area (Å²) in [5.41, 5.74) is 0.754. The molecule has 0 radical (unpaired) electrons. The summed E-state index contributed by atoms with van der Waals surface area (Å²) in [5, 5.41) is 0.624. The molecule has 4 rings (SSSR count). The third-order valence-corrected chi connectivity index (χ3v) is 5.69. The molecule has 0 bridgehead atoms. The molecule has 1 aliphatic heterocycles. The summed E-state index contributed by atoms with van der Waals surface area (Å²) in [6.45, 7) is 1.36. The first-order valence-corrected chi connectivity index (χ1v) is 10.2. The van der Waals surface area contributed by atoms with Gasteiger partial charge < -0.3 is 19.1 Å². The lowest BCUT2D eigenvalue weighted by atomic mass is 10.2. The monoisotopic (exact) mass is 413 g/mol. The minimum absolute atomic E-state index is 0.167. The standard InChI is InChI=1S/C21H23N3O4S/c1-23(2)11-12-24(21-22-19-16(26-3)9-6-10-18(19)29-21)20(25)17-13-27-14-7-4-5-8-15(14)28-17/h4-10,17H,11-13H2,1-3H3/t17-/m1/s1. The van der Waals surface area contributed by atoms with E-state index in [0.29, 0.717) is 35.5 Å². The lowest BCUT2D eigenvalue weighted by Gasteiger charge is -2.30. The zero-order chi connectivity index (χ0) is 20.4. The van der Waals surface area contributed by atoms with Crippen molar-refractivity contribution in [2.45, 2.75) is 6.10 Å². The second-order valence-corrected chi connectivity index (χ2v) is 7.97. The maximum Gasteiger partial charge on any atom is 0.273 e. The summed E-state index contributed by atoms with van der Waals surface area (Å²) in [7, 11) is 5.56. The molecule has 1 atom stereocenters. The van der Waals surface area contributed by atoms with E-state index in [1.807, 2.05) is 61.5 Å². The van der Waals surface area contributed by atoms with E-state index in [0.717, 1.165) is 10.2 Å². The number of nitrogens with zero attached hydrogens (tertiary/aromatic N) is 3. The molecule has 0 saturated heterocycles. The Balaban J connectivity index is 1.64. The molecule has 7 nitrogen and oxygen atoms in total. The number of carbonyl (C=O) groups is 1. The molecule has 152 valence electrons. The van der Waals surface area contributed by atoms with Crippen molar-refractivity contribution in [3.63, 3.8) is 0 Å². The fourth-order valence-corrected chi connectivity index (χ4v) is 4.12. The van der Waals surface area contributed by atoms with Crippen LogP contribution in [-0.2, 0) is 4.79 Å². The average Bonchev–Trinajstić information content (AvgIpc) is 3.17. The largest absolute Gasteiger partial charge is 0.494 e. The van der Waals surface area contributed by atoms with Crippen LogP contribution in [0.15, 0.2) is 42.5 Å². The molecule has 3 aromatic rings. The van der Waals surface area contributed by atoms with Crippen molar-refractivity contribution in [3.8, 4) is 17.2 Å². The molecule has 1 amide bonds. The van der Waals surface area contributed by atoms with Gasteiger partial charge in [0.05, 0.1) is 11.8 Å². The molecule has 0 fully saturated rings. The van der Waals surface area contributed by atoms with Gasteiger partial charge in [-0.2, -0.15) is 0 Å². The molecule has 1 aromatic heterocycles. The molecule has 2 aromatic carbocycles. The Kier molecular flexibility index (Phi) is 5.55. The quantitative estimate of drug-likeness (QED) is 0.619. The first-order valence-electron chi connectivity index (χ1n) is 9.35. The third-order valence-electron chi connectivity index (χ3n) is 4.64. The van der Waals surface area contributed by atoms with Crippen LogP contribution in [0.4, 0.5) is 5.13 Å². The van der Waals surface area contributed by atoms with Crippen LogP contribution >= 0.6 is 11.3 Å². The highest BCUT2D eigenvalue weighted by molar-refractivity contribution is 7.22. The summed E-state index contributed by atoms with van der Waals surface area (Å²) >= 11 is 1.46. The predicted octanol–water partition coefficient (Wildman–Crippen LogP) is 3.04. The number of rotatable bonds is 6. The second-order valence-electron chi connectivity index (χ2n) is 6.96. The van der Waals surface area contributed by atoms with E-state index < -0.39 is 6.10 Å². The van der Waals surface area contributed by atoms with E-state index in [4.69, 9.17) is 19.2 Å². The van der Waals surface area contributed by atoms with Crippen molar-refractivity contribution in [1.82, 2.24) is 9.88 Å². The highest BCUT2D eigenvalue weighted by Crippen LogP contribution is 2.35. The van der Waals surface area contributed by atoms with Crippen LogP contribution in [-0.4, -0.2) is 62.8 Å². The van der Waals surface area contributed by atoms with Crippen molar-refractivity contribution in [1.29, 1.82) is 0 Å². The van der Waals surface area contributed by atoms with Gasteiger partial charge in [-0.05, 0) is 38.4 Å². The van der Waals surface area contributed by atoms with E-state index in [1.54, 1.807) is 12.0 Å². The molecule has 29 heavy (non-hydrogen) atoms. The zero-order valence-corrected chi connectivity index (χ0v) is 17.4. The number of benzene rings is 2. The number of amides is 1. The van der Waals surface area contributed by atoms with Gasteiger partial charge in [-0.25, -0.2) is 4.98 Å². The van der Waals surface area contributed by atoms with Gasteiger partial charge in [-0.1, -0.05) is 29.5 Å². The SMILES string of the molecule is COc1cccc2sc(N(CCN(C)C)C(=O)[C@H]3COc4ccccc4O3)nc12. The Morgan fingerprint density at radius 1 is 1.17 bits per heavy atom. The number of methoxy groups -OCH3 is 1. The summed E-state index contributed by atoms with van der Waals surface area (Å²) in [6.07, 6.45) is -0.721. The maximum absolute atomic E-state index is 13.4. The number of hydrogen-bond donors (Lipinski definition) is 0. The van der Waals surface area contributed by atoms with Crippen molar-refractivity contribution in [3.05, 3.63) is 42.5 Å². The van der Waals surface area contributed by atoms with Crippen LogP contribution in [0.25, 0.3) is 10.2 Å². The van der Waals surface area contributed by atoms with Gasteiger partial charge in [0.1, 0.15) is 17.9 Å². The molecule has 0 spiro atoms. The molecule has 0 aliphatic carbocycles. The Labute approximate surface area is 173 Å². The van der Waals surface area contributed by atoms with Gasteiger partial charge in [0.25, 0.3) is 5.91 Å². The molecular weight excluding hydrogens is 390 g/mol. The second kappa shape index (κ2) is 8.26. The van der Waals surface area contributed by atoms with Gasteiger partial charge in [0.15, 0.2) is 16.6 Å². The zero-order valence-electron chi connectivity index (χ0n) is 16.6. The molecule has 0 unspecified atom stereocenters. The fourth-order valence-electron chi connectivity index (χ4n) is 3.11. The minimum Gasteiger partial charge on any atom is -0.494 e. The number of aromatic nitrogens is 1. The number of hydrogen-bond acceptors (Lipinski definition) is 7. The van der Waals surface area contributed by atoms with E-state index >= 15 is 0 Å². The predicted molar refractivity (Wildman–Crippen MR) is 113 cm³/mol. The highest BCUT2D eigenvalue weighted by atomic mass is 32.1. The molecule has 2 heterocycles. The van der Waals surface area contributed by atoms with Crippen LogP contribution in [0.5, 0.6) is 17.2 Å². The van der Waals surface area contributed by atoms with Crippen molar-refractivity contribution in [2.24, 2.45) is 0 Å². The Bertz CT molecular complexity index is 1020. The van der Waals surface area contributed by atoms with E-state index in [9.17, 15) is 4.79 Å². The Hall–Kier alpha value is -2.84. The van der Waals surface area contributed by atoms with Gasteiger partial charge in [0, 0.05) is 13.1 Å². The van der Waals surface area contributed by atoms with Gasteiger partial charge in [-0.15, -0.1) is 0 Å². The summed E-state index contributed by atoms with van der Waals surface area (Å²) in [6, 6.07) is 13.1. The molecular formula is C21H23N3O4S. The highest BCUT2D eigenvalue weighted by Gasteiger charge is 2.33. The lowest BCUT2D eigenvalue weighted by molar-refractivity contribution is -0.127. The van der Waals surface area contributed by atoms with E-state index in [-0.39, 0.29) is 12.5 Å². The topological polar surface area (TPSA) is 64.1 Å². The van der Waals surface area contributed by atoms with E-state index in [1.165, 1.54) is 11.3 Å². The Morgan fingerprint density at radius 3 is 2.72 bits per heavy atom. The molecule has 8 heteroatoms. The summed E-state index contributed by atoms with van der Waals surface area (Å²) in [4.78, 5) is 21.8. The smallest absolute Gasteiger partial charge is 0.273 e. The number of likely N-dealkylation sites (N-methyl/N-ethyl adjacent to an activating group) is 1. The molecule has 0 N–H and O–H groups in total. The lowest BCUT2D eigenvalue weighted by Crippen LogP contribution is -2.48. The van der Waals surface area contributed by atoms with Crippen LogP contribution in [0.3, 0.4) is 0 Å². The van der Waals surface area contributed by atoms with Crippen molar-refractivity contribution < 1.29 is 19.0 Å². The number of fused-ring (bicyclic) bond motifs is 2. The third kappa shape index (κ3) is 3.99. The summed E-state index contributed by atoms with van der Waals surface area (Å²) < 4.78 is 18.1. The first kappa shape index (κ1) is 19.5. The van der Waals surface area contributed by atoms with Crippen LogP contribution < -0.4 is 19.1 Å². The van der Waals surface area contributed by atoms with Crippen LogP contribution in [0, 0.1) is 0 Å². The maximum atomic E-state index is 13.4. The normalized spacial score (nSPS) is 15.5. The number of para-hydroxylation sites is 3. The van der Waals surface area contributed by atoms with Gasteiger partial charge in [0.2, 0.25) is 6.10 Å². The van der Waals surface area contributed by atoms with E-state index in [2.05, 4.69) is 0 Å². The number of carbonyl (C=O) groups excluding carboxylic acids is 1.